The molecule has 3 rings (SSSR count). The number of aliphatic hydroxyl groups excluding tert-OH is 1. The Morgan fingerprint density at radius 2 is 2.04 bits per heavy atom. The van der Waals surface area contributed by atoms with E-state index in [0.29, 0.717) is 49.5 Å². The largest absolute Gasteiger partial charge is 0.391 e. The number of aliphatic hydroxyl groups is 1. The lowest BCUT2D eigenvalue weighted by atomic mass is 9.71. The Bertz CT molecular complexity index is 686. The van der Waals surface area contributed by atoms with Crippen LogP contribution in [0.5, 0.6) is 0 Å². The number of carbonyl (C=O) groups excluding carboxylic acids is 2. The number of piperidine rings is 2. The first-order valence-electron chi connectivity index (χ1n) is 8.56. The van der Waals surface area contributed by atoms with Gasteiger partial charge in [0.2, 0.25) is 5.91 Å². The fraction of sp³-hybridized carbons (Fsp3) is 0.556. The fourth-order valence-electron chi connectivity index (χ4n) is 4.04. The summed E-state index contributed by atoms with van der Waals surface area (Å²) in [6.45, 7) is 1.39. The smallest absolute Gasteiger partial charge is 0.256 e. The molecule has 0 bridgehead atoms. The van der Waals surface area contributed by atoms with Gasteiger partial charge in [-0.3, -0.25) is 9.59 Å². The van der Waals surface area contributed by atoms with Crippen molar-refractivity contribution >= 4 is 29.1 Å². The van der Waals surface area contributed by atoms with E-state index in [1.54, 1.807) is 42.1 Å². The Labute approximate surface area is 152 Å². The molecular formula is C18H24ClN3O3. The normalized spacial score (nSPS) is 23.0. The summed E-state index contributed by atoms with van der Waals surface area (Å²) in [5.41, 5.74) is 0.736. The number of β-amino-alcohol motifs (C(OH)–C–C–N with tert-alkyl or cyclic N) is 1. The number of nitrogens with zero attached hydrogens (tertiary/aromatic N) is 2. The summed E-state index contributed by atoms with van der Waals surface area (Å²) < 4.78 is 0. The number of likely N-dealkylation sites (tertiary alicyclic amines) is 2. The maximum Gasteiger partial charge on any atom is 0.256 e. The number of carbonyl (C=O) groups is 2. The molecule has 2 amide bonds. The molecule has 2 saturated heterocycles. The minimum atomic E-state index is -0.538. The second-order valence-electron chi connectivity index (χ2n) is 7.06. The van der Waals surface area contributed by atoms with Crippen LogP contribution in [0.15, 0.2) is 18.2 Å². The summed E-state index contributed by atoms with van der Waals surface area (Å²) in [5.74, 6) is 0.00225. The average molecular weight is 366 g/mol. The summed E-state index contributed by atoms with van der Waals surface area (Å²) in [4.78, 5) is 28.9. The van der Waals surface area contributed by atoms with Crippen LogP contribution in [0, 0.1) is 5.41 Å². The van der Waals surface area contributed by atoms with Gasteiger partial charge in [-0.15, -0.1) is 0 Å². The van der Waals surface area contributed by atoms with Gasteiger partial charge in [0.05, 0.1) is 17.1 Å². The third-order valence-corrected chi connectivity index (χ3v) is 5.64. The predicted octanol–water partition coefficient (Wildman–Crippen LogP) is 1.83. The molecule has 6 nitrogen and oxygen atoms in total. The highest BCUT2D eigenvalue weighted by molar-refractivity contribution is 6.31. The van der Waals surface area contributed by atoms with E-state index in [4.69, 9.17) is 11.6 Å². The minimum absolute atomic E-state index is 0.0844. The SMILES string of the molecule is CNc1ccc(Cl)cc1C(=O)N1CCC2(CC1)CC(O)CN(C)C2=O. The highest BCUT2D eigenvalue weighted by atomic mass is 35.5. The van der Waals surface area contributed by atoms with Crippen molar-refractivity contribution in [2.45, 2.75) is 25.4 Å². The number of halogens is 1. The molecule has 1 aromatic carbocycles. The molecule has 7 heteroatoms. The van der Waals surface area contributed by atoms with Gasteiger partial charge in [0.15, 0.2) is 0 Å². The van der Waals surface area contributed by atoms with Crippen molar-refractivity contribution < 1.29 is 14.7 Å². The van der Waals surface area contributed by atoms with Gasteiger partial charge < -0.3 is 20.2 Å². The molecule has 0 radical (unpaired) electrons. The first-order chi connectivity index (χ1) is 11.9. The summed E-state index contributed by atoms with van der Waals surface area (Å²) in [6, 6.07) is 5.20. The highest BCUT2D eigenvalue weighted by Crippen LogP contribution is 2.41. The molecule has 1 unspecified atom stereocenters. The van der Waals surface area contributed by atoms with E-state index < -0.39 is 11.5 Å². The molecule has 2 aliphatic heterocycles. The molecule has 136 valence electrons. The van der Waals surface area contributed by atoms with Gasteiger partial charge in [-0.1, -0.05) is 11.6 Å². The van der Waals surface area contributed by atoms with E-state index in [9.17, 15) is 14.7 Å². The van der Waals surface area contributed by atoms with Crippen LogP contribution < -0.4 is 5.32 Å². The lowest BCUT2D eigenvalue weighted by Crippen LogP contribution is -2.56. The number of benzene rings is 1. The monoisotopic (exact) mass is 365 g/mol. The van der Waals surface area contributed by atoms with Crippen LogP contribution in [0.4, 0.5) is 5.69 Å². The van der Waals surface area contributed by atoms with E-state index in [-0.39, 0.29) is 11.8 Å². The van der Waals surface area contributed by atoms with Crippen LogP contribution >= 0.6 is 11.6 Å². The first kappa shape index (κ1) is 18.0. The number of hydrogen-bond acceptors (Lipinski definition) is 4. The van der Waals surface area contributed by atoms with Crippen molar-refractivity contribution in [2.75, 3.05) is 39.0 Å². The Morgan fingerprint density at radius 3 is 2.68 bits per heavy atom. The Morgan fingerprint density at radius 1 is 1.36 bits per heavy atom. The van der Waals surface area contributed by atoms with Crippen LogP contribution in [0.2, 0.25) is 5.02 Å². The van der Waals surface area contributed by atoms with Crippen molar-refractivity contribution in [3.8, 4) is 0 Å². The summed E-state index contributed by atoms with van der Waals surface area (Å²) in [6.07, 6.45) is 1.15. The molecule has 1 aromatic rings. The van der Waals surface area contributed by atoms with Crippen molar-refractivity contribution in [1.82, 2.24) is 9.80 Å². The van der Waals surface area contributed by atoms with Crippen LogP contribution in [0.3, 0.4) is 0 Å². The minimum Gasteiger partial charge on any atom is -0.391 e. The molecule has 1 atom stereocenters. The number of nitrogens with one attached hydrogen (secondary N) is 1. The van der Waals surface area contributed by atoms with Crippen molar-refractivity contribution in [3.05, 3.63) is 28.8 Å². The summed E-state index contributed by atoms with van der Waals surface area (Å²) >= 11 is 6.05. The second kappa shape index (κ2) is 6.84. The third-order valence-electron chi connectivity index (χ3n) is 5.40. The zero-order valence-electron chi connectivity index (χ0n) is 14.6. The molecule has 25 heavy (non-hydrogen) atoms. The van der Waals surface area contributed by atoms with Gasteiger partial charge in [0, 0.05) is 44.4 Å². The quantitative estimate of drug-likeness (QED) is 0.838. The zero-order valence-corrected chi connectivity index (χ0v) is 15.3. The highest BCUT2D eigenvalue weighted by Gasteiger charge is 2.48. The molecule has 2 N–H and O–H groups in total. The predicted molar refractivity (Wildman–Crippen MR) is 96.8 cm³/mol. The van der Waals surface area contributed by atoms with Gasteiger partial charge >= 0.3 is 0 Å². The number of rotatable bonds is 2. The number of amides is 2. The number of likely N-dealkylation sites (N-methyl/N-ethyl adjacent to an activating group) is 1. The molecule has 0 aromatic heterocycles. The maximum atomic E-state index is 12.9. The maximum absolute atomic E-state index is 12.9. The van der Waals surface area contributed by atoms with Crippen molar-refractivity contribution in [1.29, 1.82) is 0 Å². The van der Waals surface area contributed by atoms with Crippen LogP contribution in [-0.2, 0) is 4.79 Å². The van der Waals surface area contributed by atoms with Crippen LogP contribution in [0.25, 0.3) is 0 Å². The lowest BCUT2D eigenvalue weighted by molar-refractivity contribution is -0.154. The summed E-state index contributed by atoms with van der Waals surface area (Å²) in [5, 5.41) is 13.6. The van der Waals surface area contributed by atoms with Crippen LogP contribution in [-0.4, -0.2) is 66.6 Å². The van der Waals surface area contributed by atoms with E-state index >= 15 is 0 Å². The van der Waals surface area contributed by atoms with Gasteiger partial charge in [-0.2, -0.15) is 0 Å². The molecule has 2 heterocycles. The van der Waals surface area contributed by atoms with E-state index in [2.05, 4.69) is 5.32 Å². The third kappa shape index (κ3) is 3.33. The molecule has 0 saturated carbocycles. The van der Waals surface area contributed by atoms with Crippen molar-refractivity contribution in [3.63, 3.8) is 0 Å². The van der Waals surface area contributed by atoms with E-state index in [0.717, 1.165) is 5.69 Å². The average Bonchev–Trinajstić information content (AvgIpc) is 2.59. The van der Waals surface area contributed by atoms with Gasteiger partial charge in [0.1, 0.15) is 0 Å². The van der Waals surface area contributed by atoms with Gasteiger partial charge in [0.25, 0.3) is 5.91 Å². The first-order valence-corrected chi connectivity index (χ1v) is 8.94. The molecule has 0 aliphatic carbocycles. The molecule has 2 aliphatic rings. The van der Waals surface area contributed by atoms with Gasteiger partial charge in [-0.25, -0.2) is 0 Å². The topological polar surface area (TPSA) is 72.9 Å². The number of anilines is 1. The Hall–Kier alpha value is -1.79. The second-order valence-corrected chi connectivity index (χ2v) is 7.49. The van der Waals surface area contributed by atoms with Crippen molar-refractivity contribution in [2.24, 2.45) is 5.41 Å². The molecular weight excluding hydrogens is 342 g/mol. The summed E-state index contributed by atoms with van der Waals surface area (Å²) in [7, 11) is 3.50. The standard InChI is InChI=1S/C18H24ClN3O3/c1-20-15-4-3-12(19)9-14(15)16(24)22-7-5-18(6-8-22)10-13(23)11-21(2)17(18)25/h3-4,9,13,20,23H,5-8,10-11H2,1-2H3. The molecule has 2 fully saturated rings. The van der Waals surface area contributed by atoms with E-state index in [1.807, 2.05) is 0 Å². The van der Waals surface area contributed by atoms with Crippen LogP contribution in [0.1, 0.15) is 29.6 Å². The lowest BCUT2D eigenvalue weighted by Gasteiger charge is -2.47. The van der Waals surface area contributed by atoms with E-state index in [1.165, 1.54) is 0 Å². The Kier molecular flexibility index (Phi) is 4.93. The fourth-order valence-corrected chi connectivity index (χ4v) is 4.22. The van der Waals surface area contributed by atoms with Gasteiger partial charge in [-0.05, 0) is 37.5 Å². The Balaban J connectivity index is 1.75. The zero-order chi connectivity index (χ0) is 18.2. The molecule has 1 spiro atoms. The number of hydrogen-bond donors (Lipinski definition) is 2.